The van der Waals surface area contributed by atoms with Crippen LogP contribution in [0, 0.1) is 6.92 Å². The number of aliphatic hydroxyl groups is 1. The summed E-state index contributed by atoms with van der Waals surface area (Å²) >= 11 is 0. The van der Waals surface area contributed by atoms with Gasteiger partial charge in [0.05, 0.1) is 18.7 Å². The molecule has 168 valence electrons. The molecule has 5 heteroatoms. The van der Waals surface area contributed by atoms with Gasteiger partial charge in [0.1, 0.15) is 11.5 Å². The lowest BCUT2D eigenvalue weighted by Gasteiger charge is -2.26. The molecule has 1 unspecified atom stereocenters. The predicted octanol–water partition coefficient (Wildman–Crippen LogP) is 5.75. The molecule has 3 aromatic carbocycles. The van der Waals surface area contributed by atoms with E-state index < -0.39 is 17.7 Å². The number of ketones is 1. The van der Waals surface area contributed by atoms with Gasteiger partial charge in [-0.05, 0) is 48.2 Å². The predicted molar refractivity (Wildman–Crippen MR) is 129 cm³/mol. The average Bonchev–Trinajstić information content (AvgIpc) is 3.09. The van der Waals surface area contributed by atoms with Gasteiger partial charge in [-0.25, -0.2) is 0 Å². The molecule has 1 N–H and O–H groups in total. The molecule has 0 spiro atoms. The smallest absolute Gasteiger partial charge is 0.300 e. The van der Waals surface area contributed by atoms with Crippen molar-refractivity contribution in [2.45, 2.75) is 32.7 Å². The largest absolute Gasteiger partial charge is 0.507 e. The Morgan fingerprint density at radius 1 is 0.970 bits per heavy atom. The van der Waals surface area contributed by atoms with Crippen LogP contribution in [0.3, 0.4) is 0 Å². The van der Waals surface area contributed by atoms with E-state index in [0.29, 0.717) is 22.9 Å². The molecule has 0 radical (unpaired) electrons. The van der Waals surface area contributed by atoms with Crippen LogP contribution in [0.25, 0.3) is 5.76 Å². The number of benzene rings is 3. The van der Waals surface area contributed by atoms with E-state index >= 15 is 0 Å². The number of Topliss-reactive ketones (excluding diaryl/α,β-unsaturated/α-hetero) is 1. The number of ether oxygens (including phenoxy) is 1. The van der Waals surface area contributed by atoms with E-state index in [1.165, 1.54) is 12.0 Å². The van der Waals surface area contributed by atoms with Gasteiger partial charge in [-0.15, -0.1) is 0 Å². The Kier molecular flexibility index (Phi) is 6.05. The number of nitrogens with zero attached hydrogens (tertiary/aromatic N) is 1. The van der Waals surface area contributed by atoms with Gasteiger partial charge in [-0.3, -0.25) is 14.5 Å². The molecular weight excluding hydrogens is 414 g/mol. The second kappa shape index (κ2) is 8.94. The first-order chi connectivity index (χ1) is 15.8. The summed E-state index contributed by atoms with van der Waals surface area (Å²) in [6.45, 7) is 6.15. The van der Waals surface area contributed by atoms with Crippen molar-refractivity contribution in [1.29, 1.82) is 0 Å². The van der Waals surface area contributed by atoms with Gasteiger partial charge < -0.3 is 9.84 Å². The van der Waals surface area contributed by atoms with Gasteiger partial charge in [0.2, 0.25) is 0 Å². The Morgan fingerprint density at radius 2 is 1.67 bits per heavy atom. The monoisotopic (exact) mass is 441 g/mol. The first-order valence-electron chi connectivity index (χ1n) is 10.9. The number of amides is 1. The fourth-order valence-electron chi connectivity index (χ4n) is 4.20. The highest BCUT2D eigenvalue weighted by atomic mass is 16.5. The summed E-state index contributed by atoms with van der Waals surface area (Å²) in [5.74, 6) is -0.710. The fourth-order valence-corrected chi connectivity index (χ4v) is 4.20. The number of carbonyl (C=O) groups excluding carboxylic acids is 2. The van der Waals surface area contributed by atoms with Crippen LogP contribution in [-0.4, -0.2) is 23.9 Å². The molecule has 1 heterocycles. The maximum atomic E-state index is 13.3. The van der Waals surface area contributed by atoms with E-state index in [4.69, 9.17) is 4.74 Å². The molecule has 1 aliphatic heterocycles. The SMILES string of the molecule is COc1cccc(/C(O)=C2/C(=O)C(=O)N(c3ccc(C(C)C)cc3)C2c2cccc(C)c2)c1. The van der Waals surface area contributed by atoms with Gasteiger partial charge in [0.15, 0.2) is 0 Å². The first kappa shape index (κ1) is 22.3. The van der Waals surface area contributed by atoms with Crippen molar-refractivity contribution in [2.24, 2.45) is 0 Å². The summed E-state index contributed by atoms with van der Waals surface area (Å²) in [5.41, 5.74) is 3.98. The molecule has 1 fully saturated rings. The zero-order valence-corrected chi connectivity index (χ0v) is 19.2. The molecule has 1 amide bonds. The van der Waals surface area contributed by atoms with Crippen LogP contribution < -0.4 is 9.64 Å². The molecule has 0 saturated carbocycles. The minimum atomic E-state index is -0.749. The molecule has 0 bridgehead atoms. The first-order valence-corrected chi connectivity index (χ1v) is 10.9. The normalized spacial score (nSPS) is 17.6. The number of hydrogen-bond donors (Lipinski definition) is 1. The molecule has 1 atom stereocenters. The van der Waals surface area contributed by atoms with Gasteiger partial charge in [-0.1, -0.05) is 67.9 Å². The van der Waals surface area contributed by atoms with Crippen LogP contribution in [0.2, 0.25) is 0 Å². The topological polar surface area (TPSA) is 66.8 Å². The summed E-state index contributed by atoms with van der Waals surface area (Å²) in [5, 5.41) is 11.2. The van der Waals surface area contributed by atoms with Crippen molar-refractivity contribution in [3.05, 3.63) is 101 Å². The molecule has 1 aliphatic rings. The van der Waals surface area contributed by atoms with Crippen LogP contribution in [0.4, 0.5) is 5.69 Å². The van der Waals surface area contributed by atoms with Gasteiger partial charge in [0, 0.05) is 11.3 Å². The van der Waals surface area contributed by atoms with Crippen LogP contribution >= 0.6 is 0 Å². The van der Waals surface area contributed by atoms with E-state index in [0.717, 1.165) is 16.7 Å². The van der Waals surface area contributed by atoms with Crippen molar-refractivity contribution < 1.29 is 19.4 Å². The number of rotatable bonds is 5. The van der Waals surface area contributed by atoms with Crippen molar-refractivity contribution in [3.63, 3.8) is 0 Å². The summed E-state index contributed by atoms with van der Waals surface area (Å²) in [6, 6.07) is 21.4. The Balaban J connectivity index is 1.92. The van der Waals surface area contributed by atoms with Gasteiger partial charge in [0.25, 0.3) is 11.7 Å². The molecule has 3 aromatic rings. The summed E-state index contributed by atoms with van der Waals surface area (Å²) in [6.07, 6.45) is 0. The van der Waals surface area contributed by atoms with Crippen molar-refractivity contribution in [2.75, 3.05) is 12.0 Å². The molecule has 1 saturated heterocycles. The third kappa shape index (κ3) is 4.14. The highest BCUT2D eigenvalue weighted by Gasteiger charge is 2.47. The molecule has 33 heavy (non-hydrogen) atoms. The minimum Gasteiger partial charge on any atom is -0.507 e. The molecule has 0 aromatic heterocycles. The third-order valence-corrected chi connectivity index (χ3v) is 5.98. The van der Waals surface area contributed by atoms with Crippen LogP contribution in [0.1, 0.15) is 48.1 Å². The quantitative estimate of drug-likeness (QED) is 0.311. The Hall–Kier alpha value is -3.86. The molecule has 5 nitrogen and oxygen atoms in total. The van der Waals surface area contributed by atoms with Crippen LogP contribution in [0.15, 0.2) is 78.4 Å². The zero-order valence-electron chi connectivity index (χ0n) is 19.2. The second-order valence-corrected chi connectivity index (χ2v) is 8.56. The summed E-state index contributed by atoms with van der Waals surface area (Å²) < 4.78 is 5.27. The van der Waals surface area contributed by atoms with Crippen molar-refractivity contribution >= 4 is 23.1 Å². The summed E-state index contributed by atoms with van der Waals surface area (Å²) in [7, 11) is 1.53. The fraction of sp³-hybridized carbons (Fsp3) is 0.214. The van der Waals surface area contributed by atoms with Gasteiger partial charge in [-0.2, -0.15) is 0 Å². The minimum absolute atomic E-state index is 0.0618. The number of carbonyl (C=O) groups is 2. The van der Waals surface area contributed by atoms with E-state index in [1.807, 2.05) is 55.5 Å². The Labute approximate surface area is 193 Å². The highest BCUT2D eigenvalue weighted by molar-refractivity contribution is 6.51. The maximum absolute atomic E-state index is 13.3. The lowest BCUT2D eigenvalue weighted by molar-refractivity contribution is -0.132. The lowest BCUT2D eigenvalue weighted by Crippen LogP contribution is -2.29. The van der Waals surface area contributed by atoms with E-state index in [-0.39, 0.29) is 11.3 Å². The Bertz CT molecular complexity index is 1240. The standard InChI is InChI=1S/C28H27NO4/c1-17(2)19-11-13-22(14-12-19)29-25(20-8-5-7-18(3)15-20)24(27(31)28(29)32)26(30)21-9-6-10-23(16-21)33-4/h5-17,25,30H,1-4H3/b26-24-. The maximum Gasteiger partial charge on any atom is 0.300 e. The van der Waals surface area contributed by atoms with Crippen LogP contribution in [0.5, 0.6) is 5.75 Å². The van der Waals surface area contributed by atoms with Crippen LogP contribution in [-0.2, 0) is 9.59 Å². The number of hydrogen-bond acceptors (Lipinski definition) is 4. The van der Waals surface area contributed by atoms with E-state index in [9.17, 15) is 14.7 Å². The second-order valence-electron chi connectivity index (χ2n) is 8.56. The third-order valence-electron chi connectivity index (χ3n) is 5.98. The summed E-state index contributed by atoms with van der Waals surface area (Å²) in [4.78, 5) is 28.0. The molecule has 0 aliphatic carbocycles. The zero-order chi connectivity index (χ0) is 23.7. The number of methoxy groups -OCH3 is 1. The number of anilines is 1. The van der Waals surface area contributed by atoms with E-state index in [1.54, 1.807) is 24.3 Å². The van der Waals surface area contributed by atoms with Crippen molar-refractivity contribution in [3.8, 4) is 5.75 Å². The molecule has 4 rings (SSSR count). The number of aryl methyl sites for hydroxylation is 1. The molecular formula is C28H27NO4. The van der Waals surface area contributed by atoms with E-state index in [2.05, 4.69) is 13.8 Å². The van der Waals surface area contributed by atoms with Crippen molar-refractivity contribution in [1.82, 2.24) is 0 Å². The Morgan fingerprint density at radius 3 is 2.30 bits per heavy atom. The average molecular weight is 442 g/mol. The number of aliphatic hydroxyl groups excluding tert-OH is 1. The van der Waals surface area contributed by atoms with Gasteiger partial charge >= 0.3 is 0 Å². The highest BCUT2D eigenvalue weighted by Crippen LogP contribution is 2.42. The lowest BCUT2D eigenvalue weighted by atomic mass is 9.94.